The Bertz CT molecular complexity index is 630. The molecule has 0 unspecified atom stereocenters. The molecule has 1 aromatic carbocycles. The number of amides is 1. The Morgan fingerprint density at radius 2 is 1.88 bits per heavy atom. The lowest BCUT2D eigenvalue weighted by Crippen LogP contribution is -2.47. The highest BCUT2D eigenvalue weighted by molar-refractivity contribution is 5.68. The van der Waals surface area contributed by atoms with E-state index in [2.05, 4.69) is 6.07 Å². The Morgan fingerprint density at radius 1 is 1.29 bits per heavy atom. The van der Waals surface area contributed by atoms with E-state index >= 15 is 0 Å². The topological polar surface area (TPSA) is 70.4 Å². The predicted octanol–water partition coefficient (Wildman–Crippen LogP) is 3.42. The van der Waals surface area contributed by atoms with E-state index in [1.807, 2.05) is 32.9 Å². The van der Waals surface area contributed by atoms with Gasteiger partial charge in [-0.3, -0.25) is 0 Å². The van der Waals surface area contributed by atoms with Crippen LogP contribution in [-0.4, -0.2) is 36.0 Å². The number of nitriles is 1. The van der Waals surface area contributed by atoms with Crippen molar-refractivity contribution in [2.45, 2.75) is 51.0 Å². The average molecular weight is 328 g/mol. The zero-order valence-electron chi connectivity index (χ0n) is 14.5. The van der Waals surface area contributed by atoms with Gasteiger partial charge >= 0.3 is 6.09 Å². The van der Waals surface area contributed by atoms with E-state index in [0.717, 1.165) is 11.8 Å². The first-order valence-corrected chi connectivity index (χ1v) is 8.22. The minimum absolute atomic E-state index is 0.270. The molecule has 1 heterocycles. The van der Waals surface area contributed by atoms with Crippen molar-refractivity contribution in [1.82, 2.24) is 4.90 Å². The molecule has 1 aliphatic rings. The lowest BCUT2D eigenvalue weighted by molar-refractivity contribution is -0.109. The van der Waals surface area contributed by atoms with Crippen molar-refractivity contribution >= 4 is 12.4 Å². The van der Waals surface area contributed by atoms with E-state index in [1.165, 1.54) is 0 Å². The summed E-state index contributed by atoms with van der Waals surface area (Å²) in [5.41, 5.74) is 0.874. The van der Waals surface area contributed by atoms with Gasteiger partial charge in [-0.2, -0.15) is 5.26 Å². The van der Waals surface area contributed by atoms with Gasteiger partial charge in [-0.05, 0) is 51.3 Å². The largest absolute Gasteiger partial charge is 0.444 e. The summed E-state index contributed by atoms with van der Waals surface area (Å²) in [6.07, 6.45) is 2.47. The molecule has 0 atom stereocenters. The number of hydrogen-bond donors (Lipinski definition) is 0. The Morgan fingerprint density at radius 3 is 2.33 bits per heavy atom. The number of aldehydes is 1. The smallest absolute Gasteiger partial charge is 0.410 e. The molecule has 1 amide bonds. The average Bonchev–Trinajstić information content (AvgIpc) is 2.54. The lowest BCUT2D eigenvalue weighted by atomic mass is 9.70. The summed E-state index contributed by atoms with van der Waals surface area (Å²) in [6.45, 7) is 6.67. The summed E-state index contributed by atoms with van der Waals surface area (Å²) in [6, 6.07) is 9.51. The number of likely N-dealkylation sites (tertiary alicyclic amines) is 1. The molecule has 2 rings (SSSR count). The number of piperidine rings is 1. The van der Waals surface area contributed by atoms with Gasteiger partial charge in [0.25, 0.3) is 0 Å². The standard InChI is InChI=1S/C19H24N2O3/c1-18(2,3)24-17(23)21-11-8-19(9-12-21,10-13-22)16-6-4-15(14-20)5-7-16/h4-7,13H,8-12H2,1-3H3. The Kier molecular flexibility index (Phi) is 5.28. The summed E-state index contributed by atoms with van der Waals surface area (Å²) >= 11 is 0. The predicted molar refractivity (Wildman–Crippen MR) is 90.6 cm³/mol. The van der Waals surface area contributed by atoms with Crippen molar-refractivity contribution in [3.05, 3.63) is 35.4 Å². The highest BCUT2D eigenvalue weighted by Crippen LogP contribution is 2.38. The summed E-state index contributed by atoms with van der Waals surface area (Å²) in [7, 11) is 0. The molecule has 0 radical (unpaired) electrons. The highest BCUT2D eigenvalue weighted by atomic mass is 16.6. The Hall–Kier alpha value is -2.35. The van der Waals surface area contributed by atoms with Crippen molar-refractivity contribution < 1.29 is 14.3 Å². The van der Waals surface area contributed by atoms with Crippen molar-refractivity contribution in [2.75, 3.05) is 13.1 Å². The first-order chi connectivity index (χ1) is 11.3. The second-order valence-corrected chi connectivity index (χ2v) is 7.31. The molecule has 0 bridgehead atoms. The second-order valence-electron chi connectivity index (χ2n) is 7.31. The SMILES string of the molecule is CC(C)(C)OC(=O)N1CCC(CC=O)(c2ccc(C#N)cc2)CC1. The van der Waals surface area contributed by atoms with Gasteiger partial charge in [-0.25, -0.2) is 4.79 Å². The minimum Gasteiger partial charge on any atom is -0.444 e. The molecule has 1 aliphatic heterocycles. The third-order valence-corrected chi connectivity index (χ3v) is 4.47. The van der Waals surface area contributed by atoms with E-state index in [4.69, 9.17) is 10.00 Å². The maximum atomic E-state index is 12.2. The molecule has 1 fully saturated rings. The molecule has 0 saturated carbocycles. The first-order valence-electron chi connectivity index (χ1n) is 8.22. The van der Waals surface area contributed by atoms with Crippen LogP contribution in [0.4, 0.5) is 4.79 Å². The van der Waals surface area contributed by atoms with E-state index < -0.39 is 5.60 Å². The van der Waals surface area contributed by atoms with Crippen LogP contribution in [0, 0.1) is 11.3 Å². The van der Waals surface area contributed by atoms with Crippen molar-refractivity contribution in [3.8, 4) is 6.07 Å². The fraction of sp³-hybridized carbons (Fsp3) is 0.526. The molecule has 1 aromatic rings. The number of carbonyl (C=O) groups is 2. The van der Waals surface area contributed by atoms with Gasteiger partial charge < -0.3 is 14.4 Å². The molecule has 24 heavy (non-hydrogen) atoms. The van der Waals surface area contributed by atoms with Crippen LogP contribution in [0.15, 0.2) is 24.3 Å². The molecular formula is C19H24N2O3. The fourth-order valence-corrected chi connectivity index (χ4v) is 3.11. The van der Waals surface area contributed by atoms with Gasteiger partial charge in [0.1, 0.15) is 11.9 Å². The van der Waals surface area contributed by atoms with Gasteiger partial charge in [0.2, 0.25) is 0 Å². The molecule has 0 spiro atoms. The number of carbonyl (C=O) groups excluding carboxylic acids is 2. The minimum atomic E-state index is -0.512. The summed E-state index contributed by atoms with van der Waals surface area (Å²) in [5, 5.41) is 8.93. The number of rotatable bonds is 3. The lowest BCUT2D eigenvalue weighted by Gasteiger charge is -2.41. The van der Waals surface area contributed by atoms with Crippen LogP contribution in [0.3, 0.4) is 0 Å². The van der Waals surface area contributed by atoms with Crippen LogP contribution < -0.4 is 0 Å². The normalized spacial score (nSPS) is 17.0. The molecule has 128 valence electrons. The third kappa shape index (κ3) is 4.14. The number of hydrogen-bond acceptors (Lipinski definition) is 4. The summed E-state index contributed by atoms with van der Waals surface area (Å²) in [5.74, 6) is 0. The molecular weight excluding hydrogens is 304 g/mol. The second kappa shape index (κ2) is 7.04. The summed E-state index contributed by atoms with van der Waals surface area (Å²) in [4.78, 5) is 25.1. The van der Waals surface area contributed by atoms with Crippen LogP contribution in [0.5, 0.6) is 0 Å². The van der Waals surface area contributed by atoms with E-state index in [0.29, 0.717) is 37.9 Å². The molecule has 0 N–H and O–H groups in total. The Balaban J connectivity index is 2.12. The van der Waals surface area contributed by atoms with E-state index in [9.17, 15) is 9.59 Å². The number of benzene rings is 1. The van der Waals surface area contributed by atoms with Crippen molar-refractivity contribution in [1.29, 1.82) is 5.26 Å². The molecule has 0 aromatic heterocycles. The third-order valence-electron chi connectivity index (χ3n) is 4.47. The quantitative estimate of drug-likeness (QED) is 0.797. The highest BCUT2D eigenvalue weighted by Gasteiger charge is 2.38. The zero-order chi connectivity index (χ0) is 17.8. The van der Waals surface area contributed by atoms with Crippen LogP contribution in [0.1, 0.15) is 51.2 Å². The number of ether oxygens (including phenoxy) is 1. The maximum Gasteiger partial charge on any atom is 0.410 e. The Labute approximate surface area is 143 Å². The molecule has 5 nitrogen and oxygen atoms in total. The van der Waals surface area contributed by atoms with Crippen LogP contribution in [-0.2, 0) is 14.9 Å². The van der Waals surface area contributed by atoms with Crippen LogP contribution in [0.25, 0.3) is 0 Å². The van der Waals surface area contributed by atoms with Crippen LogP contribution >= 0.6 is 0 Å². The van der Waals surface area contributed by atoms with Gasteiger partial charge in [0, 0.05) is 24.9 Å². The molecule has 5 heteroatoms. The van der Waals surface area contributed by atoms with Crippen LogP contribution in [0.2, 0.25) is 0 Å². The maximum absolute atomic E-state index is 12.2. The zero-order valence-corrected chi connectivity index (χ0v) is 14.5. The van der Waals surface area contributed by atoms with Gasteiger partial charge in [-0.1, -0.05) is 12.1 Å². The first kappa shape index (κ1) is 18.0. The van der Waals surface area contributed by atoms with Crippen molar-refractivity contribution in [3.63, 3.8) is 0 Å². The van der Waals surface area contributed by atoms with Gasteiger partial charge in [0.15, 0.2) is 0 Å². The molecule has 1 saturated heterocycles. The number of nitrogens with zero attached hydrogens (tertiary/aromatic N) is 2. The van der Waals surface area contributed by atoms with Crippen molar-refractivity contribution in [2.24, 2.45) is 0 Å². The molecule has 0 aliphatic carbocycles. The van der Waals surface area contributed by atoms with E-state index in [1.54, 1.807) is 17.0 Å². The summed E-state index contributed by atoms with van der Waals surface area (Å²) < 4.78 is 5.42. The monoisotopic (exact) mass is 328 g/mol. The fourth-order valence-electron chi connectivity index (χ4n) is 3.11. The van der Waals surface area contributed by atoms with Gasteiger partial charge in [0.05, 0.1) is 11.6 Å². The van der Waals surface area contributed by atoms with Gasteiger partial charge in [-0.15, -0.1) is 0 Å². The van der Waals surface area contributed by atoms with E-state index in [-0.39, 0.29) is 11.5 Å².